The van der Waals surface area contributed by atoms with E-state index in [0.717, 1.165) is 26.1 Å². The summed E-state index contributed by atoms with van der Waals surface area (Å²) in [6.45, 7) is 8.43. The Kier molecular flexibility index (Phi) is 8.71. The molecule has 140 valence electrons. The largest absolute Gasteiger partial charge is 0.348 e. The third-order valence-electron chi connectivity index (χ3n) is 5.42. The van der Waals surface area contributed by atoms with Crippen molar-refractivity contribution in [1.29, 1.82) is 0 Å². The molecule has 2 nitrogen and oxygen atoms in total. The zero-order valence-corrected chi connectivity index (χ0v) is 16.4. The molecule has 1 aromatic rings. The van der Waals surface area contributed by atoms with Crippen molar-refractivity contribution in [3.8, 4) is 0 Å². The molecule has 1 aromatic carbocycles. The quantitative estimate of drug-likeness (QED) is 0.445. The van der Waals surface area contributed by atoms with Gasteiger partial charge in [0.2, 0.25) is 0 Å². The van der Waals surface area contributed by atoms with Gasteiger partial charge in [0.15, 0.2) is 6.29 Å². The van der Waals surface area contributed by atoms with Crippen LogP contribution in [0, 0.1) is 5.41 Å². The average Bonchev–Trinajstić information content (AvgIpc) is 2.67. The minimum absolute atomic E-state index is 0.168. The summed E-state index contributed by atoms with van der Waals surface area (Å²) in [6.07, 6.45) is 11.7. The molecular weight excluding hydrogens is 308 g/mol. The first kappa shape index (κ1) is 20.2. The molecule has 0 bridgehead atoms. The minimum atomic E-state index is -0.168. The Morgan fingerprint density at radius 3 is 2.28 bits per heavy atom. The highest BCUT2D eigenvalue weighted by molar-refractivity contribution is 5.53. The number of hydrogen-bond donors (Lipinski definition) is 0. The zero-order valence-electron chi connectivity index (χ0n) is 16.4. The van der Waals surface area contributed by atoms with Gasteiger partial charge in [-0.2, -0.15) is 0 Å². The molecule has 2 rings (SSSR count). The summed E-state index contributed by atoms with van der Waals surface area (Å²) in [5.41, 5.74) is 2.74. The Morgan fingerprint density at radius 2 is 1.68 bits per heavy atom. The molecule has 1 fully saturated rings. The Labute approximate surface area is 154 Å². The lowest BCUT2D eigenvalue weighted by molar-refractivity contribution is -0.215. The SMILES string of the molecule is CCCCCC(=Cc1ccccc1)C1OCC(CC)(CCCC)CO1. The van der Waals surface area contributed by atoms with Crippen molar-refractivity contribution in [3.63, 3.8) is 0 Å². The van der Waals surface area contributed by atoms with Crippen LogP contribution in [-0.4, -0.2) is 19.5 Å². The maximum atomic E-state index is 6.26. The monoisotopic (exact) mass is 344 g/mol. The van der Waals surface area contributed by atoms with E-state index < -0.39 is 0 Å². The van der Waals surface area contributed by atoms with Crippen LogP contribution >= 0.6 is 0 Å². The molecular formula is C23H36O2. The zero-order chi connectivity index (χ0) is 18.0. The van der Waals surface area contributed by atoms with E-state index in [1.807, 2.05) is 0 Å². The standard InChI is InChI=1S/C23H36O2/c1-4-7-10-15-21(17-20-13-11-9-12-14-20)22-24-18-23(6-3,19-25-22)16-8-5-2/h9,11-14,17,22H,4-8,10,15-16,18-19H2,1-3H3. The van der Waals surface area contributed by atoms with Crippen molar-refractivity contribution in [2.45, 2.75) is 78.4 Å². The number of unbranched alkanes of at least 4 members (excludes halogenated alkanes) is 3. The second-order valence-corrected chi connectivity index (χ2v) is 7.50. The lowest BCUT2D eigenvalue weighted by Gasteiger charge is -2.40. The fourth-order valence-corrected chi connectivity index (χ4v) is 3.49. The number of rotatable bonds is 10. The van der Waals surface area contributed by atoms with Crippen LogP contribution in [0.3, 0.4) is 0 Å². The summed E-state index contributed by atoms with van der Waals surface area (Å²) in [5.74, 6) is 0. The molecule has 0 aliphatic carbocycles. The fraction of sp³-hybridized carbons (Fsp3) is 0.652. The molecule has 1 saturated heterocycles. The topological polar surface area (TPSA) is 18.5 Å². The van der Waals surface area contributed by atoms with Gasteiger partial charge in [0, 0.05) is 5.41 Å². The van der Waals surface area contributed by atoms with Gasteiger partial charge < -0.3 is 9.47 Å². The molecule has 0 atom stereocenters. The first-order valence-corrected chi connectivity index (χ1v) is 10.2. The van der Waals surface area contributed by atoms with Gasteiger partial charge in [-0.15, -0.1) is 0 Å². The second-order valence-electron chi connectivity index (χ2n) is 7.50. The summed E-state index contributed by atoms with van der Waals surface area (Å²) in [7, 11) is 0. The average molecular weight is 345 g/mol. The summed E-state index contributed by atoms with van der Waals surface area (Å²) in [5, 5.41) is 0. The predicted molar refractivity (Wildman–Crippen MR) is 107 cm³/mol. The van der Waals surface area contributed by atoms with Crippen LogP contribution in [0.15, 0.2) is 35.9 Å². The van der Waals surface area contributed by atoms with Gasteiger partial charge in [-0.25, -0.2) is 0 Å². The molecule has 0 saturated carbocycles. The van der Waals surface area contributed by atoms with Crippen LogP contribution in [0.2, 0.25) is 0 Å². The van der Waals surface area contributed by atoms with E-state index in [4.69, 9.17) is 9.47 Å². The van der Waals surface area contributed by atoms with Gasteiger partial charge in [-0.05, 0) is 36.8 Å². The smallest absolute Gasteiger partial charge is 0.180 e. The van der Waals surface area contributed by atoms with Crippen LogP contribution in [0.25, 0.3) is 6.08 Å². The van der Waals surface area contributed by atoms with E-state index in [1.54, 1.807) is 0 Å². The maximum absolute atomic E-state index is 6.26. The lowest BCUT2D eigenvalue weighted by atomic mass is 9.81. The van der Waals surface area contributed by atoms with Crippen molar-refractivity contribution >= 4 is 6.08 Å². The normalized spacial score (nSPS) is 24.4. The highest BCUT2D eigenvalue weighted by Gasteiger charge is 2.35. The maximum Gasteiger partial charge on any atom is 0.180 e. The molecule has 0 radical (unpaired) electrons. The number of hydrogen-bond acceptors (Lipinski definition) is 2. The van der Waals surface area contributed by atoms with Gasteiger partial charge in [0.05, 0.1) is 13.2 Å². The Bertz CT molecular complexity index is 498. The molecule has 0 unspecified atom stereocenters. The van der Waals surface area contributed by atoms with Crippen molar-refractivity contribution in [3.05, 3.63) is 41.5 Å². The Balaban J connectivity index is 2.04. The van der Waals surface area contributed by atoms with Crippen LogP contribution in [-0.2, 0) is 9.47 Å². The number of ether oxygens (including phenoxy) is 2. The van der Waals surface area contributed by atoms with Gasteiger partial charge in [-0.1, -0.05) is 82.9 Å². The molecule has 25 heavy (non-hydrogen) atoms. The van der Waals surface area contributed by atoms with E-state index in [1.165, 1.54) is 49.7 Å². The molecule has 1 aliphatic heterocycles. The van der Waals surface area contributed by atoms with E-state index in [9.17, 15) is 0 Å². The predicted octanol–water partition coefficient (Wildman–Crippen LogP) is 6.61. The van der Waals surface area contributed by atoms with Gasteiger partial charge in [-0.3, -0.25) is 0 Å². The molecule has 2 heteroatoms. The number of benzene rings is 1. The molecule has 0 spiro atoms. The fourth-order valence-electron chi connectivity index (χ4n) is 3.49. The Morgan fingerprint density at radius 1 is 1.00 bits per heavy atom. The third kappa shape index (κ3) is 6.27. The van der Waals surface area contributed by atoms with Crippen LogP contribution in [0.1, 0.15) is 77.7 Å². The van der Waals surface area contributed by atoms with E-state index in [2.05, 4.69) is 57.2 Å². The van der Waals surface area contributed by atoms with Gasteiger partial charge in [0.25, 0.3) is 0 Å². The third-order valence-corrected chi connectivity index (χ3v) is 5.42. The highest BCUT2D eigenvalue weighted by Crippen LogP contribution is 2.36. The van der Waals surface area contributed by atoms with Gasteiger partial charge in [0.1, 0.15) is 0 Å². The molecule has 0 amide bonds. The lowest BCUT2D eigenvalue weighted by Crippen LogP contribution is -2.42. The highest BCUT2D eigenvalue weighted by atomic mass is 16.7. The molecule has 0 aromatic heterocycles. The van der Waals surface area contributed by atoms with E-state index >= 15 is 0 Å². The van der Waals surface area contributed by atoms with Crippen molar-refractivity contribution in [2.24, 2.45) is 5.41 Å². The first-order chi connectivity index (χ1) is 12.2. The summed E-state index contributed by atoms with van der Waals surface area (Å²) < 4.78 is 12.5. The summed E-state index contributed by atoms with van der Waals surface area (Å²) in [4.78, 5) is 0. The van der Waals surface area contributed by atoms with Crippen molar-refractivity contribution in [1.82, 2.24) is 0 Å². The van der Waals surface area contributed by atoms with Gasteiger partial charge >= 0.3 is 0 Å². The molecule has 1 heterocycles. The summed E-state index contributed by atoms with van der Waals surface area (Å²) >= 11 is 0. The minimum Gasteiger partial charge on any atom is -0.348 e. The first-order valence-electron chi connectivity index (χ1n) is 10.2. The van der Waals surface area contributed by atoms with Crippen LogP contribution in [0.5, 0.6) is 0 Å². The van der Waals surface area contributed by atoms with Crippen molar-refractivity contribution < 1.29 is 9.47 Å². The summed E-state index contributed by atoms with van der Waals surface area (Å²) in [6, 6.07) is 10.5. The van der Waals surface area contributed by atoms with Crippen LogP contribution < -0.4 is 0 Å². The second kappa shape index (κ2) is 10.8. The Hall–Kier alpha value is -1.12. The molecule has 0 N–H and O–H groups in total. The van der Waals surface area contributed by atoms with Crippen molar-refractivity contribution in [2.75, 3.05) is 13.2 Å². The van der Waals surface area contributed by atoms with E-state index in [0.29, 0.717) is 0 Å². The van der Waals surface area contributed by atoms with Crippen LogP contribution in [0.4, 0.5) is 0 Å². The van der Waals surface area contributed by atoms with E-state index in [-0.39, 0.29) is 11.7 Å². The molecule has 1 aliphatic rings.